The third-order valence-corrected chi connectivity index (χ3v) is 10.0. The molecule has 0 aromatic rings. The van der Waals surface area contributed by atoms with Gasteiger partial charge in [-0.25, -0.2) is 0 Å². The van der Waals surface area contributed by atoms with Gasteiger partial charge in [-0.1, -0.05) is 0 Å². The SMILES string of the molecule is CC(=O)O[C@@]1(C)C(=O)C2=C(C[C@@]3(CCC[C@H](C)O3)OC2)C(=C2C(=O)[C@@](C)(OC(C)=O)C(=O)C3=C2C[C@@]2(CCC[C@H](C)O2)OC3)C1=O. The van der Waals surface area contributed by atoms with Gasteiger partial charge in [-0.15, -0.1) is 0 Å². The maximum Gasteiger partial charge on any atom is 0.304 e. The summed E-state index contributed by atoms with van der Waals surface area (Å²) in [6, 6.07) is 0. The van der Waals surface area contributed by atoms with Crippen molar-refractivity contribution in [2.45, 2.75) is 128 Å². The summed E-state index contributed by atoms with van der Waals surface area (Å²) in [6.07, 6.45) is 3.69. The Morgan fingerprint density at radius 1 is 0.630 bits per heavy atom. The van der Waals surface area contributed by atoms with Crippen LogP contribution in [0.2, 0.25) is 0 Å². The molecule has 6 rings (SSSR count). The van der Waals surface area contributed by atoms with Crippen molar-refractivity contribution in [1.29, 1.82) is 0 Å². The molecule has 248 valence electrons. The first-order chi connectivity index (χ1) is 21.5. The average molecular weight is 641 g/mol. The van der Waals surface area contributed by atoms with Crippen molar-refractivity contribution in [3.63, 3.8) is 0 Å². The molecule has 2 aliphatic carbocycles. The third-order valence-electron chi connectivity index (χ3n) is 10.0. The Bertz CT molecular complexity index is 1450. The van der Waals surface area contributed by atoms with Crippen LogP contribution in [0.1, 0.15) is 92.9 Å². The molecule has 0 bridgehead atoms. The minimum atomic E-state index is -2.32. The molecule has 12 heteroatoms. The molecule has 6 aliphatic rings. The lowest BCUT2D eigenvalue weighted by molar-refractivity contribution is -0.277. The Balaban J connectivity index is 1.64. The van der Waals surface area contributed by atoms with Crippen molar-refractivity contribution in [2.24, 2.45) is 0 Å². The van der Waals surface area contributed by atoms with Gasteiger partial charge in [-0.3, -0.25) is 28.8 Å². The van der Waals surface area contributed by atoms with E-state index in [0.29, 0.717) is 12.8 Å². The number of carbonyl (C=O) groups excluding carboxylic acids is 6. The van der Waals surface area contributed by atoms with Crippen LogP contribution >= 0.6 is 0 Å². The summed E-state index contributed by atoms with van der Waals surface area (Å²) >= 11 is 0. The van der Waals surface area contributed by atoms with Crippen LogP contribution in [0.4, 0.5) is 0 Å². The molecule has 2 saturated heterocycles. The van der Waals surface area contributed by atoms with Crippen LogP contribution in [-0.2, 0) is 57.2 Å². The average Bonchev–Trinajstić information content (AvgIpc) is 2.96. The maximum atomic E-state index is 14.7. The first kappa shape index (κ1) is 32.6. The fourth-order valence-electron chi connectivity index (χ4n) is 7.90. The van der Waals surface area contributed by atoms with E-state index in [-0.39, 0.29) is 71.7 Å². The van der Waals surface area contributed by atoms with Crippen LogP contribution in [-0.4, -0.2) is 83.3 Å². The van der Waals surface area contributed by atoms with E-state index in [0.717, 1.165) is 39.5 Å². The molecule has 2 fully saturated rings. The lowest BCUT2D eigenvalue weighted by Crippen LogP contribution is -2.59. The van der Waals surface area contributed by atoms with Gasteiger partial charge in [0, 0.05) is 61.8 Å². The Labute approximate surface area is 266 Å². The zero-order chi connectivity index (χ0) is 33.4. The van der Waals surface area contributed by atoms with Gasteiger partial charge in [-0.05, 0) is 64.5 Å². The van der Waals surface area contributed by atoms with Crippen molar-refractivity contribution in [1.82, 2.24) is 0 Å². The molecule has 4 aliphatic heterocycles. The van der Waals surface area contributed by atoms with Crippen LogP contribution in [0.5, 0.6) is 0 Å². The summed E-state index contributed by atoms with van der Waals surface area (Å²) in [5.41, 5.74) is -4.38. The standard InChI is InChI=1S/C34H40O12/c1-17-9-7-11-33(43-17)13-21-23(15-41-33)27(37)31(5,45-19(3)35)29(39)25(21)26-22-14-34(12-8-10-18(2)44-34)42-16-24(22)28(38)32(6,30(26)40)46-20(4)36/h17-18H,7-16H2,1-6H3/t17-,18-,31-,32-,33-,34-/m0/s1. The number of carbonyl (C=O) groups is 6. The van der Waals surface area contributed by atoms with E-state index in [1.165, 1.54) is 13.8 Å². The molecule has 0 N–H and O–H groups in total. The van der Waals surface area contributed by atoms with E-state index in [2.05, 4.69) is 0 Å². The molecular weight excluding hydrogens is 600 g/mol. The molecule has 0 unspecified atom stereocenters. The fraction of sp³-hybridized carbons (Fsp3) is 0.647. The molecule has 46 heavy (non-hydrogen) atoms. The van der Waals surface area contributed by atoms with Gasteiger partial charge in [0.05, 0.1) is 25.4 Å². The Morgan fingerprint density at radius 2 is 1.00 bits per heavy atom. The highest BCUT2D eigenvalue weighted by atomic mass is 16.7. The monoisotopic (exact) mass is 640 g/mol. The van der Waals surface area contributed by atoms with E-state index >= 15 is 0 Å². The zero-order valence-electron chi connectivity index (χ0n) is 27.1. The van der Waals surface area contributed by atoms with E-state index in [4.69, 9.17) is 28.4 Å². The second kappa shape index (κ2) is 11.1. The summed E-state index contributed by atoms with van der Waals surface area (Å²) in [6.45, 7) is 7.87. The first-order valence-electron chi connectivity index (χ1n) is 16.0. The number of Topliss-reactive ketones (excluding diaryl/α,β-unsaturated/α-hetero) is 4. The Kier molecular flexibility index (Phi) is 7.90. The van der Waals surface area contributed by atoms with Gasteiger partial charge >= 0.3 is 11.9 Å². The first-order valence-corrected chi connectivity index (χ1v) is 16.0. The van der Waals surface area contributed by atoms with Gasteiger partial charge in [0.25, 0.3) is 0 Å². The summed E-state index contributed by atoms with van der Waals surface area (Å²) in [5.74, 6) is -7.42. The molecule has 0 amide bonds. The molecule has 12 nitrogen and oxygen atoms in total. The summed E-state index contributed by atoms with van der Waals surface area (Å²) < 4.78 is 35.8. The Hall–Kier alpha value is -3.32. The number of hydrogen-bond donors (Lipinski definition) is 0. The highest BCUT2D eigenvalue weighted by Crippen LogP contribution is 2.52. The molecule has 6 atom stereocenters. The summed E-state index contributed by atoms with van der Waals surface area (Å²) in [7, 11) is 0. The van der Waals surface area contributed by atoms with Gasteiger partial charge < -0.3 is 28.4 Å². The highest BCUT2D eigenvalue weighted by molar-refractivity contribution is 6.34. The molecule has 0 aromatic heterocycles. The van der Waals surface area contributed by atoms with Crippen molar-refractivity contribution in [2.75, 3.05) is 13.2 Å². The van der Waals surface area contributed by atoms with Crippen LogP contribution in [0.3, 0.4) is 0 Å². The zero-order valence-corrected chi connectivity index (χ0v) is 27.1. The predicted molar refractivity (Wildman–Crippen MR) is 157 cm³/mol. The van der Waals surface area contributed by atoms with Gasteiger partial charge in [0.1, 0.15) is 0 Å². The lowest BCUT2D eigenvalue weighted by atomic mass is 9.65. The minimum Gasteiger partial charge on any atom is -0.443 e. The molecule has 0 radical (unpaired) electrons. The smallest absolute Gasteiger partial charge is 0.304 e. The second-order valence-corrected chi connectivity index (χ2v) is 13.6. The van der Waals surface area contributed by atoms with Crippen molar-refractivity contribution in [3.05, 3.63) is 33.4 Å². The van der Waals surface area contributed by atoms with Gasteiger partial charge in [-0.2, -0.15) is 0 Å². The molecule has 0 saturated carbocycles. The van der Waals surface area contributed by atoms with Crippen molar-refractivity contribution >= 4 is 35.1 Å². The topological polar surface area (TPSA) is 158 Å². The number of hydrogen-bond acceptors (Lipinski definition) is 12. The number of rotatable bonds is 2. The molecular formula is C34H40O12. The number of esters is 2. The third kappa shape index (κ3) is 5.04. The molecule has 0 aromatic carbocycles. The quantitative estimate of drug-likeness (QED) is 0.247. The fourth-order valence-corrected chi connectivity index (χ4v) is 7.90. The van der Waals surface area contributed by atoms with E-state index in [1.807, 2.05) is 13.8 Å². The molecule has 4 heterocycles. The van der Waals surface area contributed by atoms with Gasteiger partial charge in [0.15, 0.2) is 11.6 Å². The maximum absolute atomic E-state index is 14.7. The minimum absolute atomic E-state index is 0.0393. The highest BCUT2D eigenvalue weighted by Gasteiger charge is 2.61. The van der Waals surface area contributed by atoms with Crippen molar-refractivity contribution < 1.29 is 57.2 Å². The summed E-state index contributed by atoms with van der Waals surface area (Å²) in [4.78, 5) is 82.1. The number of ether oxygens (including phenoxy) is 6. The van der Waals surface area contributed by atoms with Gasteiger partial charge in [0.2, 0.25) is 34.3 Å². The normalized spacial score (nSPS) is 39.9. The Morgan fingerprint density at radius 3 is 1.33 bits per heavy atom. The number of ketones is 4. The van der Waals surface area contributed by atoms with E-state index in [1.54, 1.807) is 0 Å². The van der Waals surface area contributed by atoms with Crippen LogP contribution in [0.15, 0.2) is 33.4 Å². The lowest BCUT2D eigenvalue weighted by Gasteiger charge is -2.48. The van der Waals surface area contributed by atoms with Crippen molar-refractivity contribution in [3.8, 4) is 0 Å². The van der Waals surface area contributed by atoms with E-state index < -0.39 is 57.8 Å². The predicted octanol–water partition coefficient (Wildman–Crippen LogP) is 3.23. The summed E-state index contributed by atoms with van der Waals surface area (Å²) in [5, 5.41) is 0. The largest absolute Gasteiger partial charge is 0.443 e. The molecule has 2 spiro atoms. The second-order valence-electron chi connectivity index (χ2n) is 13.6. The van der Waals surface area contributed by atoms with E-state index in [9.17, 15) is 28.8 Å². The van der Waals surface area contributed by atoms with Crippen LogP contribution in [0.25, 0.3) is 0 Å². The van der Waals surface area contributed by atoms with Crippen LogP contribution < -0.4 is 0 Å². The van der Waals surface area contributed by atoms with Crippen LogP contribution in [0, 0.1) is 0 Å².